The lowest BCUT2D eigenvalue weighted by atomic mass is 9.81. The van der Waals surface area contributed by atoms with Crippen molar-refractivity contribution in [1.82, 2.24) is 0 Å². The molecule has 0 aliphatic carbocycles. The van der Waals surface area contributed by atoms with Gasteiger partial charge in [-0.05, 0) is 58.5 Å². The maximum absolute atomic E-state index is 8.72. The summed E-state index contributed by atoms with van der Waals surface area (Å²) in [5.41, 5.74) is 12.9. The van der Waals surface area contributed by atoms with Gasteiger partial charge in [-0.1, -0.05) is 81.4 Å². The monoisotopic (exact) mass is 501 g/mol. The minimum absolute atomic E-state index is 0.118. The molecule has 37 heavy (non-hydrogen) atoms. The molecule has 0 aliphatic heterocycles. The van der Waals surface area contributed by atoms with E-state index in [2.05, 4.69) is 75.4 Å². The lowest BCUT2D eigenvalue weighted by Crippen LogP contribution is -2.12. The number of rotatable bonds is 2. The Morgan fingerprint density at radius 2 is 1.38 bits per heavy atom. The van der Waals surface area contributed by atoms with Gasteiger partial charge < -0.3 is 10.2 Å². The predicted octanol–water partition coefficient (Wildman–Crippen LogP) is 10.2. The predicted molar refractivity (Wildman–Crippen MR) is 161 cm³/mol. The fraction of sp³-hybridized carbons (Fsp3) is 0.118. The van der Waals surface area contributed by atoms with Gasteiger partial charge in [0.05, 0.1) is 5.48 Å². The molecule has 0 bridgehead atoms. The minimum atomic E-state index is -0.310. The van der Waals surface area contributed by atoms with Gasteiger partial charge in [0.15, 0.2) is 0 Å². The molecule has 3 heteroatoms. The van der Waals surface area contributed by atoms with Crippen molar-refractivity contribution < 1.29 is 9.90 Å². The molecular weight excluding hydrogens is 470 g/mol. The lowest BCUT2D eigenvalue weighted by molar-refractivity contribution is 0.591. The van der Waals surface area contributed by atoms with Gasteiger partial charge in [0.1, 0.15) is 11.2 Å². The Hall–Kier alpha value is -4.08. The Labute approximate surface area is 225 Å². The number of furan rings is 1. The summed E-state index contributed by atoms with van der Waals surface area (Å²) in [6, 6.07) is 23.9. The lowest BCUT2D eigenvalue weighted by Gasteiger charge is -2.24. The third kappa shape index (κ3) is 3.38. The molecule has 0 amide bonds. The van der Waals surface area contributed by atoms with Crippen LogP contribution in [0.2, 0.25) is 0 Å². The highest BCUT2D eigenvalue weighted by Crippen LogP contribution is 2.47. The van der Waals surface area contributed by atoms with Crippen LogP contribution in [0.25, 0.3) is 64.4 Å². The van der Waals surface area contributed by atoms with Crippen molar-refractivity contribution in [2.24, 2.45) is 0 Å². The largest absolute Gasteiger partial charge is 0.456 e. The molecule has 2 N–H and O–H groups in total. The number of nitrogens with two attached hydrogens (primary N) is 1. The van der Waals surface area contributed by atoms with Crippen LogP contribution in [0.15, 0.2) is 101 Å². The van der Waals surface area contributed by atoms with Gasteiger partial charge in [0.25, 0.3) is 0 Å². The first-order valence-corrected chi connectivity index (χ1v) is 13.1. The van der Waals surface area contributed by atoms with Gasteiger partial charge in [-0.2, -0.15) is 0 Å². The zero-order chi connectivity index (χ0) is 28.8. The van der Waals surface area contributed by atoms with Crippen molar-refractivity contribution in [3.05, 3.63) is 103 Å². The molecule has 0 saturated heterocycles. The van der Waals surface area contributed by atoms with Crippen molar-refractivity contribution in [3.63, 3.8) is 0 Å². The molecule has 0 radical (unpaired) electrons. The number of hydrogen-bond donors (Lipinski definition) is 1. The van der Waals surface area contributed by atoms with Crippen LogP contribution < -0.4 is 5.73 Å². The van der Waals surface area contributed by atoms with Crippen molar-refractivity contribution in [2.45, 2.75) is 26.2 Å². The van der Waals surface area contributed by atoms with E-state index in [9.17, 15) is 0 Å². The standard InChI is InChI=1S/C34H27NOS/c1-34(2,3)20-18-25(21-12-8-15-28-31(21)23-10-4-6-14-27(23)36-28)33(35)26(19-20)22-13-9-17-30-32(22)24-11-5-7-16-29(24)37-30/h4-19H,35H2,1-3H3/i4D,6D,10D,14D. The van der Waals surface area contributed by atoms with Crippen molar-refractivity contribution in [1.29, 1.82) is 0 Å². The molecule has 0 aliphatic rings. The minimum Gasteiger partial charge on any atom is -0.456 e. The molecule has 0 saturated carbocycles. The molecule has 180 valence electrons. The molecule has 2 aromatic heterocycles. The normalized spacial score (nSPS) is 13.8. The quantitative estimate of drug-likeness (QED) is 0.239. The van der Waals surface area contributed by atoms with E-state index < -0.39 is 0 Å². The molecule has 0 spiro atoms. The molecular formula is C34H27NOS. The van der Waals surface area contributed by atoms with E-state index in [1.54, 1.807) is 17.4 Å². The molecule has 0 unspecified atom stereocenters. The van der Waals surface area contributed by atoms with Gasteiger partial charge >= 0.3 is 0 Å². The average Bonchev–Trinajstić information content (AvgIpc) is 3.53. The third-order valence-electron chi connectivity index (χ3n) is 7.17. The average molecular weight is 502 g/mol. The Balaban J connectivity index is 1.62. The van der Waals surface area contributed by atoms with E-state index in [0.717, 1.165) is 27.8 Å². The molecule has 0 atom stereocenters. The summed E-state index contributed by atoms with van der Waals surface area (Å²) in [6.45, 7) is 6.53. The van der Waals surface area contributed by atoms with E-state index >= 15 is 0 Å². The Bertz CT molecular complexity index is 2200. The first kappa shape index (κ1) is 18.2. The second-order valence-electron chi connectivity index (χ2n) is 10.5. The van der Waals surface area contributed by atoms with Gasteiger partial charge in [0.2, 0.25) is 0 Å². The smallest absolute Gasteiger partial charge is 0.136 e. The number of fused-ring (bicyclic) bond motifs is 6. The summed E-state index contributed by atoms with van der Waals surface area (Å²) in [5.74, 6) is 0. The molecule has 7 rings (SSSR count). The zero-order valence-corrected chi connectivity index (χ0v) is 21.6. The van der Waals surface area contributed by atoms with E-state index in [-0.39, 0.29) is 35.2 Å². The van der Waals surface area contributed by atoms with E-state index in [0.29, 0.717) is 22.0 Å². The number of anilines is 1. The molecule has 0 fully saturated rings. The summed E-state index contributed by atoms with van der Waals surface area (Å²) in [4.78, 5) is 0. The maximum Gasteiger partial charge on any atom is 0.136 e. The molecule has 2 heterocycles. The SMILES string of the molecule is [2H]c1c([2H])c([2H])c2c(oc3cccc(-c4cc(C(C)(C)C)cc(-c5cccc6sc7ccccc7c56)c4N)c32)c1[2H]. The van der Waals surface area contributed by atoms with Crippen molar-refractivity contribution in [3.8, 4) is 22.3 Å². The Morgan fingerprint density at radius 1 is 0.703 bits per heavy atom. The summed E-state index contributed by atoms with van der Waals surface area (Å²) >= 11 is 1.77. The summed E-state index contributed by atoms with van der Waals surface area (Å²) in [6.07, 6.45) is 0. The molecule has 5 aromatic carbocycles. The van der Waals surface area contributed by atoms with E-state index in [1.807, 2.05) is 12.1 Å². The Kier molecular flexibility index (Phi) is 3.92. The number of benzene rings is 5. The fourth-order valence-electron chi connectivity index (χ4n) is 5.29. The van der Waals surface area contributed by atoms with Crippen LogP contribution in [-0.4, -0.2) is 0 Å². The van der Waals surface area contributed by atoms with Crippen LogP contribution in [0.5, 0.6) is 0 Å². The highest BCUT2D eigenvalue weighted by atomic mass is 32.1. The second kappa shape index (κ2) is 7.96. The van der Waals surface area contributed by atoms with Gasteiger partial charge in [-0.3, -0.25) is 0 Å². The second-order valence-corrected chi connectivity index (χ2v) is 11.6. The summed E-state index contributed by atoms with van der Waals surface area (Å²) in [5, 5.41) is 3.38. The van der Waals surface area contributed by atoms with Gasteiger partial charge in [-0.25, -0.2) is 0 Å². The molecule has 7 aromatic rings. The first-order chi connectivity index (χ1) is 19.6. The summed E-state index contributed by atoms with van der Waals surface area (Å²) < 4.78 is 42.1. The third-order valence-corrected chi connectivity index (χ3v) is 8.31. The van der Waals surface area contributed by atoms with Crippen LogP contribution in [0.1, 0.15) is 31.8 Å². The topological polar surface area (TPSA) is 39.2 Å². The molecule has 2 nitrogen and oxygen atoms in total. The Morgan fingerprint density at radius 3 is 2.16 bits per heavy atom. The first-order valence-electron chi connectivity index (χ1n) is 14.3. The van der Waals surface area contributed by atoms with Crippen LogP contribution in [0.3, 0.4) is 0 Å². The highest BCUT2D eigenvalue weighted by Gasteiger charge is 2.23. The van der Waals surface area contributed by atoms with Crippen LogP contribution >= 0.6 is 11.3 Å². The number of thiophene rings is 1. The summed E-state index contributed by atoms with van der Waals surface area (Å²) in [7, 11) is 0. The van der Waals surface area contributed by atoms with E-state index in [4.69, 9.17) is 15.6 Å². The van der Waals surface area contributed by atoms with E-state index in [1.165, 1.54) is 20.2 Å². The number of para-hydroxylation sites is 1. The maximum atomic E-state index is 8.72. The van der Waals surface area contributed by atoms with Crippen LogP contribution in [0.4, 0.5) is 5.69 Å². The fourth-order valence-corrected chi connectivity index (χ4v) is 6.43. The van der Waals surface area contributed by atoms with Crippen molar-refractivity contribution in [2.75, 3.05) is 5.73 Å². The van der Waals surface area contributed by atoms with Gasteiger partial charge in [-0.15, -0.1) is 11.3 Å². The van der Waals surface area contributed by atoms with Crippen LogP contribution in [0, 0.1) is 0 Å². The highest BCUT2D eigenvalue weighted by molar-refractivity contribution is 7.25. The van der Waals surface area contributed by atoms with Crippen molar-refractivity contribution >= 4 is 59.1 Å². The number of nitrogen functional groups attached to an aromatic ring is 1. The van der Waals surface area contributed by atoms with Crippen LogP contribution in [-0.2, 0) is 5.41 Å². The van der Waals surface area contributed by atoms with Gasteiger partial charge in [0, 0.05) is 47.8 Å². The number of hydrogen-bond acceptors (Lipinski definition) is 3. The zero-order valence-electron chi connectivity index (χ0n) is 24.8.